The highest BCUT2D eigenvalue weighted by atomic mass is 16.5. The predicted octanol–water partition coefficient (Wildman–Crippen LogP) is 1.75. The second-order valence-corrected chi connectivity index (χ2v) is 6.36. The predicted molar refractivity (Wildman–Crippen MR) is 98.7 cm³/mol. The molecule has 26 heavy (non-hydrogen) atoms. The molecule has 0 unspecified atom stereocenters. The molecule has 2 aromatic rings. The number of nitrogens with zero attached hydrogens (tertiary/aromatic N) is 4. The summed E-state index contributed by atoms with van der Waals surface area (Å²) >= 11 is 0. The van der Waals surface area contributed by atoms with Gasteiger partial charge in [-0.05, 0) is 31.2 Å². The maximum absolute atomic E-state index is 12.9. The van der Waals surface area contributed by atoms with Crippen LogP contribution in [0.15, 0.2) is 36.7 Å². The van der Waals surface area contributed by atoms with E-state index in [-0.39, 0.29) is 5.91 Å². The zero-order valence-corrected chi connectivity index (χ0v) is 15.4. The topological polar surface area (TPSA) is 59.8 Å². The van der Waals surface area contributed by atoms with E-state index in [2.05, 4.69) is 10.00 Å². The first-order chi connectivity index (χ1) is 12.7. The molecular weight excluding hydrogens is 332 g/mol. The largest absolute Gasteiger partial charge is 0.497 e. The Hall–Kier alpha value is -2.54. The summed E-state index contributed by atoms with van der Waals surface area (Å²) in [6.45, 7) is 5.15. The number of rotatable bonds is 6. The Bertz CT molecular complexity index is 695. The van der Waals surface area contributed by atoms with Crippen molar-refractivity contribution in [1.29, 1.82) is 0 Å². The van der Waals surface area contributed by atoms with Crippen LogP contribution in [-0.2, 0) is 6.54 Å². The number of hydrogen-bond acceptors (Lipinski definition) is 5. The Morgan fingerprint density at radius 3 is 2.46 bits per heavy atom. The first-order valence-corrected chi connectivity index (χ1v) is 8.91. The molecule has 1 aliphatic heterocycles. The van der Waals surface area contributed by atoms with Crippen LogP contribution < -0.4 is 9.47 Å². The first kappa shape index (κ1) is 18.3. The van der Waals surface area contributed by atoms with Gasteiger partial charge in [-0.3, -0.25) is 14.4 Å². The van der Waals surface area contributed by atoms with Crippen LogP contribution in [0.4, 0.5) is 0 Å². The van der Waals surface area contributed by atoms with Crippen molar-refractivity contribution in [2.45, 2.75) is 13.0 Å². The van der Waals surface area contributed by atoms with E-state index >= 15 is 0 Å². The van der Waals surface area contributed by atoms with Crippen LogP contribution in [0.2, 0.25) is 0 Å². The number of benzene rings is 1. The molecule has 0 radical (unpaired) electrons. The van der Waals surface area contributed by atoms with Gasteiger partial charge in [-0.15, -0.1) is 0 Å². The number of hydrogen-bond donors (Lipinski definition) is 0. The van der Waals surface area contributed by atoms with E-state index in [0.717, 1.165) is 45.7 Å². The third-order valence-corrected chi connectivity index (χ3v) is 4.68. The van der Waals surface area contributed by atoms with Gasteiger partial charge in [0.05, 0.1) is 20.8 Å². The highest BCUT2D eigenvalue weighted by Gasteiger charge is 2.21. The number of carbonyl (C=O) groups excluding carboxylic acids is 1. The Morgan fingerprint density at radius 1 is 1.04 bits per heavy atom. The van der Waals surface area contributed by atoms with Gasteiger partial charge in [-0.2, -0.15) is 5.10 Å². The molecule has 140 valence electrons. The Balaban J connectivity index is 1.60. The summed E-state index contributed by atoms with van der Waals surface area (Å²) in [6.07, 6.45) is 4.74. The minimum absolute atomic E-state index is 0.0242. The fourth-order valence-corrected chi connectivity index (χ4v) is 3.19. The summed E-state index contributed by atoms with van der Waals surface area (Å²) in [5.74, 6) is 1.28. The Kier molecular flexibility index (Phi) is 6.12. The van der Waals surface area contributed by atoms with E-state index in [1.165, 1.54) is 0 Å². The molecule has 0 N–H and O–H groups in total. The van der Waals surface area contributed by atoms with Crippen molar-refractivity contribution in [3.05, 3.63) is 42.2 Å². The van der Waals surface area contributed by atoms with Crippen LogP contribution in [0.3, 0.4) is 0 Å². The lowest BCUT2D eigenvalue weighted by Gasteiger charge is -2.22. The number of amides is 1. The fraction of sp³-hybridized carbons (Fsp3) is 0.474. The maximum atomic E-state index is 12.9. The second-order valence-electron chi connectivity index (χ2n) is 6.36. The monoisotopic (exact) mass is 358 g/mol. The fourth-order valence-electron chi connectivity index (χ4n) is 3.19. The number of aromatic nitrogens is 2. The van der Waals surface area contributed by atoms with Gasteiger partial charge in [0.2, 0.25) is 0 Å². The highest BCUT2D eigenvalue weighted by molar-refractivity contribution is 5.95. The number of ether oxygens (including phenoxy) is 2. The molecule has 7 heteroatoms. The van der Waals surface area contributed by atoms with Crippen LogP contribution in [0.1, 0.15) is 16.8 Å². The van der Waals surface area contributed by atoms with Crippen LogP contribution >= 0.6 is 0 Å². The average Bonchev–Trinajstić information content (AvgIpc) is 3.09. The minimum Gasteiger partial charge on any atom is -0.497 e. The van der Waals surface area contributed by atoms with Crippen molar-refractivity contribution in [2.24, 2.45) is 0 Å². The van der Waals surface area contributed by atoms with Crippen molar-refractivity contribution in [1.82, 2.24) is 19.6 Å². The summed E-state index contributed by atoms with van der Waals surface area (Å²) < 4.78 is 12.5. The standard InChI is InChI=1S/C19H26N4O3/c1-25-17-13-16(14-18(15-17)26-2)19(24)22-7-4-6-21(9-11-22)10-12-23-8-3-5-20-23/h3,5,8,13-15H,4,6-7,9-12H2,1-2H3. The van der Waals surface area contributed by atoms with E-state index in [0.29, 0.717) is 17.1 Å². The molecule has 0 saturated carbocycles. The summed E-state index contributed by atoms with van der Waals surface area (Å²) in [5, 5.41) is 4.24. The van der Waals surface area contributed by atoms with Crippen molar-refractivity contribution < 1.29 is 14.3 Å². The van der Waals surface area contributed by atoms with Gasteiger partial charge in [-0.1, -0.05) is 0 Å². The molecule has 1 saturated heterocycles. The lowest BCUT2D eigenvalue weighted by molar-refractivity contribution is 0.0760. The highest BCUT2D eigenvalue weighted by Crippen LogP contribution is 2.23. The summed E-state index contributed by atoms with van der Waals surface area (Å²) in [7, 11) is 3.18. The van der Waals surface area contributed by atoms with E-state index in [1.54, 1.807) is 38.6 Å². The van der Waals surface area contributed by atoms with Gasteiger partial charge in [-0.25, -0.2) is 0 Å². The molecule has 0 bridgehead atoms. The normalized spacial score (nSPS) is 15.5. The summed E-state index contributed by atoms with van der Waals surface area (Å²) in [5.41, 5.74) is 0.603. The van der Waals surface area contributed by atoms with Gasteiger partial charge in [0.1, 0.15) is 11.5 Å². The Morgan fingerprint density at radius 2 is 1.81 bits per heavy atom. The molecule has 3 rings (SSSR count). The zero-order chi connectivity index (χ0) is 18.4. The molecule has 1 fully saturated rings. The third kappa shape index (κ3) is 4.54. The minimum atomic E-state index is 0.0242. The molecule has 0 spiro atoms. The van der Waals surface area contributed by atoms with Gasteiger partial charge in [0.15, 0.2) is 0 Å². The first-order valence-electron chi connectivity index (χ1n) is 8.91. The molecular formula is C19H26N4O3. The van der Waals surface area contributed by atoms with Crippen LogP contribution in [0, 0.1) is 0 Å². The molecule has 2 heterocycles. The smallest absolute Gasteiger partial charge is 0.254 e. The second kappa shape index (κ2) is 8.71. The molecule has 1 amide bonds. The van der Waals surface area contributed by atoms with E-state index in [1.807, 2.05) is 21.8 Å². The van der Waals surface area contributed by atoms with Crippen molar-refractivity contribution in [3.8, 4) is 11.5 Å². The van der Waals surface area contributed by atoms with Crippen LogP contribution in [-0.4, -0.2) is 72.4 Å². The Labute approximate surface area is 154 Å². The molecule has 0 aliphatic carbocycles. The summed E-state index contributed by atoms with van der Waals surface area (Å²) in [4.78, 5) is 17.2. The van der Waals surface area contributed by atoms with Crippen molar-refractivity contribution in [2.75, 3.05) is 46.9 Å². The van der Waals surface area contributed by atoms with Gasteiger partial charge in [0.25, 0.3) is 5.91 Å². The lowest BCUT2D eigenvalue weighted by Crippen LogP contribution is -2.36. The maximum Gasteiger partial charge on any atom is 0.254 e. The molecule has 7 nitrogen and oxygen atoms in total. The van der Waals surface area contributed by atoms with Crippen molar-refractivity contribution in [3.63, 3.8) is 0 Å². The molecule has 0 atom stereocenters. The molecule has 1 aromatic carbocycles. The third-order valence-electron chi connectivity index (χ3n) is 4.68. The van der Waals surface area contributed by atoms with Gasteiger partial charge in [0, 0.05) is 50.2 Å². The number of methoxy groups -OCH3 is 2. The van der Waals surface area contributed by atoms with Crippen LogP contribution in [0.5, 0.6) is 11.5 Å². The molecule has 1 aromatic heterocycles. The van der Waals surface area contributed by atoms with Crippen LogP contribution in [0.25, 0.3) is 0 Å². The van der Waals surface area contributed by atoms with E-state index < -0.39 is 0 Å². The SMILES string of the molecule is COc1cc(OC)cc(C(=O)N2CCCN(CCn3cccn3)CC2)c1. The zero-order valence-electron chi connectivity index (χ0n) is 15.4. The summed E-state index contributed by atoms with van der Waals surface area (Å²) in [6, 6.07) is 7.25. The lowest BCUT2D eigenvalue weighted by atomic mass is 10.1. The van der Waals surface area contributed by atoms with Gasteiger partial charge < -0.3 is 14.4 Å². The molecule has 1 aliphatic rings. The average molecular weight is 358 g/mol. The van der Waals surface area contributed by atoms with E-state index in [9.17, 15) is 4.79 Å². The van der Waals surface area contributed by atoms with Crippen molar-refractivity contribution >= 4 is 5.91 Å². The quantitative estimate of drug-likeness (QED) is 0.787. The van der Waals surface area contributed by atoms with Gasteiger partial charge >= 0.3 is 0 Å². The van der Waals surface area contributed by atoms with E-state index in [4.69, 9.17) is 9.47 Å². The number of carbonyl (C=O) groups is 1.